The summed E-state index contributed by atoms with van der Waals surface area (Å²) in [5.74, 6) is 0.0706. The minimum absolute atomic E-state index is 0.146. The molecule has 140 valence electrons. The molecule has 0 aliphatic rings. The Morgan fingerprint density at radius 1 is 1.12 bits per heavy atom. The van der Waals surface area contributed by atoms with Crippen LogP contribution in [0.25, 0.3) is 0 Å². The Hall–Kier alpha value is -2.09. The molecule has 8 heteroatoms. The monoisotopic (exact) mass is 396 g/mol. The van der Waals surface area contributed by atoms with Crippen molar-refractivity contribution < 1.29 is 17.9 Å². The molecule has 1 amide bonds. The topological polar surface area (TPSA) is 84.5 Å². The van der Waals surface area contributed by atoms with Crippen LogP contribution in [0.4, 0.5) is 5.69 Å². The Bertz CT molecular complexity index is 836. The minimum atomic E-state index is -3.56. The van der Waals surface area contributed by atoms with Crippen LogP contribution >= 0.6 is 11.6 Å². The van der Waals surface area contributed by atoms with Gasteiger partial charge in [0.1, 0.15) is 5.75 Å². The third kappa shape index (κ3) is 6.01. The van der Waals surface area contributed by atoms with E-state index in [1.807, 2.05) is 6.92 Å². The molecule has 0 spiro atoms. The first-order valence-corrected chi connectivity index (χ1v) is 9.97. The molecule has 2 aromatic rings. The molecule has 0 radical (unpaired) electrons. The van der Waals surface area contributed by atoms with Gasteiger partial charge in [0.15, 0.2) is 6.61 Å². The molecule has 1 atom stereocenters. The Kier molecular flexibility index (Phi) is 7.02. The fourth-order valence-corrected chi connectivity index (χ4v) is 3.46. The Morgan fingerprint density at radius 3 is 2.31 bits per heavy atom. The van der Waals surface area contributed by atoms with Gasteiger partial charge in [0, 0.05) is 16.8 Å². The van der Waals surface area contributed by atoms with Crippen LogP contribution in [0.1, 0.15) is 20.3 Å². The van der Waals surface area contributed by atoms with E-state index in [1.54, 1.807) is 31.2 Å². The third-order valence-electron chi connectivity index (χ3n) is 3.60. The van der Waals surface area contributed by atoms with Crippen molar-refractivity contribution in [3.63, 3.8) is 0 Å². The molecular weight excluding hydrogens is 376 g/mol. The lowest BCUT2D eigenvalue weighted by Crippen LogP contribution is -2.31. The van der Waals surface area contributed by atoms with Gasteiger partial charge in [-0.1, -0.05) is 18.5 Å². The van der Waals surface area contributed by atoms with Crippen LogP contribution in [0.5, 0.6) is 5.75 Å². The lowest BCUT2D eigenvalue weighted by molar-refractivity contribution is -0.118. The lowest BCUT2D eigenvalue weighted by Gasteiger charge is -2.12. The number of carbonyl (C=O) groups excluding carboxylic acids is 1. The van der Waals surface area contributed by atoms with E-state index < -0.39 is 10.0 Å². The first kappa shape index (κ1) is 20.2. The van der Waals surface area contributed by atoms with E-state index in [4.69, 9.17) is 16.3 Å². The molecule has 0 bridgehead atoms. The number of nitrogens with one attached hydrogen (secondary N) is 2. The van der Waals surface area contributed by atoms with Crippen molar-refractivity contribution in [2.24, 2.45) is 0 Å². The first-order valence-electron chi connectivity index (χ1n) is 8.11. The minimum Gasteiger partial charge on any atom is -0.484 e. The van der Waals surface area contributed by atoms with Gasteiger partial charge in [0.05, 0.1) is 4.90 Å². The fourth-order valence-electron chi connectivity index (χ4n) is 2.01. The van der Waals surface area contributed by atoms with Gasteiger partial charge in [-0.15, -0.1) is 0 Å². The van der Waals surface area contributed by atoms with Gasteiger partial charge in [-0.2, -0.15) is 0 Å². The molecular formula is C18H21ClN2O4S. The van der Waals surface area contributed by atoms with E-state index in [-0.39, 0.29) is 23.5 Å². The average molecular weight is 397 g/mol. The van der Waals surface area contributed by atoms with Gasteiger partial charge in [0.25, 0.3) is 5.91 Å². The predicted octanol–water partition coefficient (Wildman–Crippen LogP) is 3.43. The zero-order valence-electron chi connectivity index (χ0n) is 14.5. The van der Waals surface area contributed by atoms with Crippen molar-refractivity contribution in [2.45, 2.75) is 31.2 Å². The molecule has 0 unspecified atom stereocenters. The number of hydrogen-bond acceptors (Lipinski definition) is 4. The number of benzene rings is 2. The second kappa shape index (κ2) is 9.02. The number of amides is 1. The van der Waals surface area contributed by atoms with Crippen LogP contribution in [-0.4, -0.2) is 27.0 Å². The number of anilines is 1. The molecule has 0 aromatic heterocycles. The predicted molar refractivity (Wildman–Crippen MR) is 102 cm³/mol. The molecule has 2 N–H and O–H groups in total. The zero-order chi connectivity index (χ0) is 19.2. The number of sulfonamides is 1. The van der Waals surface area contributed by atoms with Gasteiger partial charge in [-0.25, -0.2) is 13.1 Å². The molecule has 0 saturated carbocycles. The SMILES string of the molecule is CC[C@H](C)NS(=O)(=O)c1ccc(OCC(=O)Nc2ccc(Cl)cc2)cc1. The number of ether oxygens (including phenoxy) is 1. The van der Waals surface area contributed by atoms with Crippen LogP contribution in [0.3, 0.4) is 0 Å². The van der Waals surface area contributed by atoms with Gasteiger partial charge in [-0.3, -0.25) is 4.79 Å². The van der Waals surface area contributed by atoms with Crippen molar-refractivity contribution in [3.05, 3.63) is 53.6 Å². The first-order chi connectivity index (χ1) is 12.3. The van der Waals surface area contributed by atoms with Crippen molar-refractivity contribution in [1.82, 2.24) is 4.72 Å². The lowest BCUT2D eigenvalue weighted by atomic mass is 10.3. The highest BCUT2D eigenvalue weighted by molar-refractivity contribution is 7.89. The Balaban J connectivity index is 1.90. The number of halogens is 1. The van der Waals surface area contributed by atoms with Crippen LogP contribution in [-0.2, 0) is 14.8 Å². The normalized spacial score (nSPS) is 12.4. The van der Waals surface area contributed by atoms with Crippen LogP contribution < -0.4 is 14.8 Å². The van der Waals surface area contributed by atoms with Crippen molar-refractivity contribution >= 4 is 33.2 Å². The average Bonchev–Trinajstić information content (AvgIpc) is 2.62. The van der Waals surface area contributed by atoms with E-state index in [9.17, 15) is 13.2 Å². The van der Waals surface area contributed by atoms with Gasteiger partial charge >= 0.3 is 0 Å². The molecule has 0 fully saturated rings. The van der Waals surface area contributed by atoms with E-state index in [0.29, 0.717) is 22.9 Å². The van der Waals surface area contributed by atoms with E-state index in [0.717, 1.165) is 0 Å². The highest BCUT2D eigenvalue weighted by atomic mass is 35.5. The summed E-state index contributed by atoms with van der Waals surface area (Å²) in [6.45, 7) is 3.51. The van der Waals surface area contributed by atoms with Crippen LogP contribution in [0, 0.1) is 0 Å². The van der Waals surface area contributed by atoms with Crippen molar-refractivity contribution in [1.29, 1.82) is 0 Å². The largest absolute Gasteiger partial charge is 0.484 e. The standard InChI is InChI=1S/C18H21ClN2O4S/c1-3-13(2)21-26(23,24)17-10-8-16(9-11-17)25-12-18(22)20-15-6-4-14(19)5-7-15/h4-11,13,21H,3,12H2,1-2H3,(H,20,22)/t13-/m0/s1. The molecule has 0 aliphatic carbocycles. The van der Waals surface area contributed by atoms with Crippen LogP contribution in [0.15, 0.2) is 53.4 Å². The van der Waals surface area contributed by atoms with E-state index in [1.165, 1.54) is 24.3 Å². The Labute approximate surface area is 158 Å². The second-order valence-corrected chi connectivity index (χ2v) is 7.90. The molecule has 6 nitrogen and oxygen atoms in total. The molecule has 2 rings (SSSR count). The van der Waals surface area contributed by atoms with E-state index in [2.05, 4.69) is 10.0 Å². The van der Waals surface area contributed by atoms with Gasteiger partial charge < -0.3 is 10.1 Å². The third-order valence-corrected chi connectivity index (χ3v) is 5.46. The van der Waals surface area contributed by atoms with Gasteiger partial charge in [-0.05, 0) is 61.9 Å². The smallest absolute Gasteiger partial charge is 0.262 e. The summed E-state index contributed by atoms with van der Waals surface area (Å²) in [6.07, 6.45) is 0.698. The summed E-state index contributed by atoms with van der Waals surface area (Å²) >= 11 is 5.79. The maximum absolute atomic E-state index is 12.2. The summed E-state index contributed by atoms with van der Waals surface area (Å²) < 4.78 is 32.3. The maximum Gasteiger partial charge on any atom is 0.262 e. The maximum atomic E-state index is 12.2. The molecule has 0 heterocycles. The number of rotatable bonds is 8. The highest BCUT2D eigenvalue weighted by Crippen LogP contribution is 2.17. The molecule has 0 saturated heterocycles. The van der Waals surface area contributed by atoms with Crippen molar-refractivity contribution in [3.8, 4) is 5.75 Å². The van der Waals surface area contributed by atoms with Gasteiger partial charge in [0.2, 0.25) is 10.0 Å². The summed E-state index contributed by atoms with van der Waals surface area (Å²) in [7, 11) is -3.56. The Morgan fingerprint density at radius 2 is 1.73 bits per heavy atom. The van der Waals surface area contributed by atoms with Crippen molar-refractivity contribution in [2.75, 3.05) is 11.9 Å². The zero-order valence-corrected chi connectivity index (χ0v) is 16.1. The number of carbonyl (C=O) groups is 1. The highest BCUT2D eigenvalue weighted by Gasteiger charge is 2.16. The van der Waals surface area contributed by atoms with Crippen LogP contribution in [0.2, 0.25) is 5.02 Å². The summed E-state index contributed by atoms with van der Waals surface area (Å²) in [5, 5.41) is 3.26. The summed E-state index contributed by atoms with van der Waals surface area (Å²) in [5.41, 5.74) is 0.612. The van der Waals surface area contributed by atoms with E-state index >= 15 is 0 Å². The fraction of sp³-hybridized carbons (Fsp3) is 0.278. The molecule has 26 heavy (non-hydrogen) atoms. The second-order valence-electron chi connectivity index (χ2n) is 5.75. The molecule has 0 aliphatic heterocycles. The number of hydrogen-bond donors (Lipinski definition) is 2. The summed E-state index contributed by atoms with van der Waals surface area (Å²) in [6, 6.07) is 12.5. The summed E-state index contributed by atoms with van der Waals surface area (Å²) in [4.78, 5) is 12.0. The quantitative estimate of drug-likeness (QED) is 0.715. The molecule has 2 aromatic carbocycles.